The normalized spacial score (nSPS) is 10.5. The van der Waals surface area contributed by atoms with Crippen molar-refractivity contribution in [2.75, 3.05) is 11.5 Å². The maximum atomic E-state index is 12.9. The van der Waals surface area contributed by atoms with E-state index in [4.69, 9.17) is 21.7 Å². The van der Waals surface area contributed by atoms with E-state index >= 15 is 0 Å². The Morgan fingerprint density at radius 3 is 2.29 bits per heavy atom. The van der Waals surface area contributed by atoms with Crippen molar-refractivity contribution in [3.63, 3.8) is 0 Å². The lowest BCUT2D eigenvalue weighted by Gasteiger charge is -2.26. The number of carbonyl (C=O) groups is 2. The Hall–Kier alpha value is -3.78. The van der Waals surface area contributed by atoms with Gasteiger partial charge in [0, 0.05) is 23.6 Å². The topological polar surface area (TPSA) is 80.8 Å². The molecule has 0 aliphatic carbocycles. The number of hydrogen-bond donors (Lipinski definition) is 1. The van der Waals surface area contributed by atoms with Crippen LogP contribution in [0.15, 0.2) is 73.1 Å². The van der Waals surface area contributed by atoms with Crippen LogP contribution in [0.1, 0.15) is 47.1 Å². The van der Waals surface area contributed by atoms with E-state index in [0.717, 1.165) is 5.56 Å². The van der Waals surface area contributed by atoms with Crippen LogP contribution in [0, 0.1) is 0 Å². The second-order valence-corrected chi connectivity index (χ2v) is 8.05. The summed E-state index contributed by atoms with van der Waals surface area (Å²) in [4.78, 5) is 30.8. The minimum atomic E-state index is -0.395. The summed E-state index contributed by atoms with van der Waals surface area (Å²) in [6, 6.07) is 17.5. The molecule has 0 saturated carbocycles. The number of ether oxygens (including phenoxy) is 2. The molecular formula is C26H27N3O4S. The Morgan fingerprint density at radius 1 is 1.03 bits per heavy atom. The molecule has 0 radical (unpaired) electrons. The van der Waals surface area contributed by atoms with Gasteiger partial charge in [0.1, 0.15) is 5.75 Å². The lowest BCUT2D eigenvalue weighted by Crippen LogP contribution is -2.42. The molecule has 0 aliphatic heterocycles. The second-order valence-electron chi connectivity index (χ2n) is 7.67. The molecule has 0 atom stereocenters. The molecule has 8 heteroatoms. The highest BCUT2D eigenvalue weighted by atomic mass is 32.1. The number of rotatable bonds is 8. The summed E-state index contributed by atoms with van der Waals surface area (Å²) < 4.78 is 10.7. The van der Waals surface area contributed by atoms with Crippen LogP contribution in [-0.2, 0) is 11.3 Å². The third-order valence-corrected chi connectivity index (χ3v) is 5.03. The molecule has 1 aromatic heterocycles. The van der Waals surface area contributed by atoms with Crippen molar-refractivity contribution in [3.8, 4) is 5.75 Å². The fourth-order valence-electron chi connectivity index (χ4n) is 3.14. The summed E-state index contributed by atoms with van der Waals surface area (Å²) in [6.07, 6.45) is 3.47. The third kappa shape index (κ3) is 6.86. The van der Waals surface area contributed by atoms with Crippen LogP contribution < -0.4 is 15.0 Å². The zero-order chi connectivity index (χ0) is 24.5. The van der Waals surface area contributed by atoms with E-state index in [9.17, 15) is 9.59 Å². The first-order valence-corrected chi connectivity index (χ1v) is 11.3. The molecule has 0 aliphatic rings. The van der Waals surface area contributed by atoms with E-state index in [0.29, 0.717) is 35.7 Å². The maximum absolute atomic E-state index is 12.9. The number of esters is 1. The number of hydrogen-bond acceptors (Lipinski definition) is 6. The summed E-state index contributed by atoms with van der Waals surface area (Å²) in [5.74, 6) is -0.0388. The lowest BCUT2D eigenvalue weighted by molar-refractivity contribution is 0.0526. The molecule has 0 bridgehead atoms. The van der Waals surface area contributed by atoms with E-state index in [-0.39, 0.29) is 17.1 Å². The fourth-order valence-corrected chi connectivity index (χ4v) is 3.40. The van der Waals surface area contributed by atoms with Gasteiger partial charge in [-0.25, -0.2) is 4.79 Å². The van der Waals surface area contributed by atoms with Gasteiger partial charge in [-0.1, -0.05) is 6.07 Å². The molecule has 0 unspecified atom stereocenters. The average molecular weight is 478 g/mol. The number of benzene rings is 2. The number of pyridine rings is 1. The van der Waals surface area contributed by atoms with Crippen molar-refractivity contribution >= 4 is 34.9 Å². The number of carbonyl (C=O) groups excluding carboxylic acids is 2. The van der Waals surface area contributed by atoms with Gasteiger partial charge in [0.05, 0.1) is 24.8 Å². The fraction of sp³-hybridized carbons (Fsp3) is 0.231. The monoisotopic (exact) mass is 477 g/mol. The van der Waals surface area contributed by atoms with Gasteiger partial charge in [-0.05, 0) is 93.1 Å². The number of thiocarbonyl (C=S) groups is 1. The molecule has 34 heavy (non-hydrogen) atoms. The molecule has 0 spiro atoms. The Labute approximate surface area is 204 Å². The van der Waals surface area contributed by atoms with Crippen molar-refractivity contribution in [3.05, 3.63) is 89.7 Å². The van der Waals surface area contributed by atoms with E-state index in [1.807, 2.05) is 26.0 Å². The molecule has 7 nitrogen and oxygen atoms in total. The van der Waals surface area contributed by atoms with Crippen LogP contribution in [-0.4, -0.2) is 34.7 Å². The van der Waals surface area contributed by atoms with Crippen molar-refractivity contribution in [1.29, 1.82) is 0 Å². The van der Waals surface area contributed by atoms with E-state index in [1.54, 1.807) is 72.7 Å². The number of aromatic nitrogens is 1. The Kier molecular flexibility index (Phi) is 8.70. The summed E-state index contributed by atoms with van der Waals surface area (Å²) in [5.41, 5.74) is 2.51. The van der Waals surface area contributed by atoms with Gasteiger partial charge in [0.2, 0.25) is 0 Å². The van der Waals surface area contributed by atoms with Crippen LogP contribution in [0.3, 0.4) is 0 Å². The van der Waals surface area contributed by atoms with E-state index in [1.165, 1.54) is 0 Å². The van der Waals surface area contributed by atoms with Crippen molar-refractivity contribution < 1.29 is 19.1 Å². The molecule has 2 aromatic carbocycles. The second kappa shape index (κ2) is 11.9. The van der Waals surface area contributed by atoms with Gasteiger partial charge in [-0.3, -0.25) is 15.1 Å². The SMILES string of the molecule is CCOC(=O)c1ccc(N(Cc2cccnc2)C(=S)NC(=O)c2ccc(OC(C)C)cc2)cc1. The van der Waals surface area contributed by atoms with Crippen molar-refractivity contribution in [2.24, 2.45) is 0 Å². The summed E-state index contributed by atoms with van der Waals surface area (Å²) in [6.45, 7) is 6.32. The zero-order valence-corrected chi connectivity index (χ0v) is 20.2. The number of amides is 1. The van der Waals surface area contributed by atoms with E-state index < -0.39 is 5.97 Å². The number of nitrogens with one attached hydrogen (secondary N) is 1. The lowest BCUT2D eigenvalue weighted by atomic mass is 10.2. The molecule has 0 saturated heterocycles. The largest absolute Gasteiger partial charge is 0.491 e. The molecule has 176 valence electrons. The smallest absolute Gasteiger partial charge is 0.338 e. The number of nitrogens with zero attached hydrogens (tertiary/aromatic N) is 2. The first kappa shape index (κ1) is 24.9. The van der Waals surface area contributed by atoms with Gasteiger partial charge in [0.25, 0.3) is 5.91 Å². The quantitative estimate of drug-likeness (QED) is 0.370. The van der Waals surface area contributed by atoms with Gasteiger partial charge in [-0.2, -0.15) is 0 Å². The minimum absolute atomic E-state index is 0.0449. The summed E-state index contributed by atoms with van der Waals surface area (Å²) >= 11 is 5.60. The molecule has 1 heterocycles. The van der Waals surface area contributed by atoms with Crippen molar-refractivity contribution in [1.82, 2.24) is 10.3 Å². The Balaban J connectivity index is 1.79. The van der Waals surface area contributed by atoms with Gasteiger partial charge < -0.3 is 14.4 Å². The minimum Gasteiger partial charge on any atom is -0.491 e. The first-order chi connectivity index (χ1) is 16.4. The average Bonchev–Trinajstić information content (AvgIpc) is 2.83. The molecule has 3 aromatic rings. The third-order valence-electron chi connectivity index (χ3n) is 4.71. The van der Waals surface area contributed by atoms with Crippen LogP contribution in [0.4, 0.5) is 5.69 Å². The standard InChI is InChI=1S/C26H27N3O4S/c1-4-32-25(31)21-7-11-22(12-8-21)29(17-19-6-5-15-27-16-19)26(34)28-24(30)20-9-13-23(14-10-20)33-18(2)3/h5-16,18H,4,17H2,1-3H3,(H,28,30,34). The molecule has 3 rings (SSSR count). The molecular weight excluding hydrogens is 450 g/mol. The molecule has 0 fully saturated rings. The van der Waals surface area contributed by atoms with Crippen LogP contribution in [0.5, 0.6) is 5.75 Å². The zero-order valence-electron chi connectivity index (χ0n) is 19.4. The molecule has 1 amide bonds. The Morgan fingerprint density at radius 2 is 1.71 bits per heavy atom. The van der Waals surface area contributed by atoms with E-state index in [2.05, 4.69) is 10.3 Å². The Bertz CT molecular complexity index is 1120. The predicted molar refractivity (Wildman–Crippen MR) is 135 cm³/mol. The predicted octanol–water partition coefficient (Wildman–Crippen LogP) is 4.77. The summed E-state index contributed by atoms with van der Waals surface area (Å²) in [7, 11) is 0. The van der Waals surface area contributed by atoms with Gasteiger partial charge in [0.15, 0.2) is 5.11 Å². The van der Waals surface area contributed by atoms with Crippen LogP contribution in [0.2, 0.25) is 0 Å². The highest BCUT2D eigenvalue weighted by Gasteiger charge is 2.18. The highest BCUT2D eigenvalue weighted by molar-refractivity contribution is 7.80. The van der Waals surface area contributed by atoms with Crippen molar-refractivity contribution in [2.45, 2.75) is 33.4 Å². The highest BCUT2D eigenvalue weighted by Crippen LogP contribution is 2.20. The van der Waals surface area contributed by atoms with Crippen LogP contribution in [0.25, 0.3) is 0 Å². The van der Waals surface area contributed by atoms with Crippen LogP contribution >= 0.6 is 12.2 Å². The van der Waals surface area contributed by atoms with Gasteiger partial charge >= 0.3 is 5.97 Å². The first-order valence-electron chi connectivity index (χ1n) is 10.9. The maximum Gasteiger partial charge on any atom is 0.338 e. The number of anilines is 1. The molecule has 1 N–H and O–H groups in total. The summed E-state index contributed by atoms with van der Waals surface area (Å²) in [5, 5.41) is 3.02. The van der Waals surface area contributed by atoms with Gasteiger partial charge in [-0.15, -0.1) is 0 Å².